The quantitative estimate of drug-likeness (QED) is 0.175. The van der Waals surface area contributed by atoms with Crippen molar-refractivity contribution in [1.82, 2.24) is 0 Å². The van der Waals surface area contributed by atoms with Crippen molar-refractivity contribution >= 4 is 53.9 Å². The van der Waals surface area contributed by atoms with Gasteiger partial charge in [0.25, 0.3) is 0 Å². The summed E-state index contributed by atoms with van der Waals surface area (Å²) in [6.45, 7) is 0. The number of nitrogens with zero attached hydrogens (tertiary/aromatic N) is 1. The molecule has 1 heterocycles. The lowest BCUT2D eigenvalue weighted by Crippen LogP contribution is -1.98. The van der Waals surface area contributed by atoms with Gasteiger partial charge in [0.15, 0.2) is 0 Å². The van der Waals surface area contributed by atoms with Crippen molar-refractivity contribution in [2.45, 2.75) is 0 Å². The van der Waals surface area contributed by atoms with Crippen LogP contribution in [-0.4, -0.2) is 0 Å². The fourth-order valence-electron chi connectivity index (χ4n) is 8.62. The lowest BCUT2D eigenvalue weighted by molar-refractivity contribution is 0.487. The highest BCUT2D eigenvalue weighted by molar-refractivity contribution is 6.24. The van der Waals surface area contributed by atoms with E-state index in [4.69, 9.17) is 4.74 Å². The number of hydrogen-bond acceptors (Lipinski definition) is 2. The zero-order valence-electron chi connectivity index (χ0n) is 28.6. The molecule has 0 aliphatic carbocycles. The van der Waals surface area contributed by atoms with Gasteiger partial charge in [-0.25, -0.2) is 0 Å². The Morgan fingerprint density at radius 1 is 0.340 bits per heavy atom. The van der Waals surface area contributed by atoms with Crippen LogP contribution in [0.2, 0.25) is 0 Å². The molecular formula is C51H29NO. The summed E-state index contributed by atoms with van der Waals surface area (Å²) in [5.41, 5.74) is 9.92. The topological polar surface area (TPSA) is 33.0 Å². The lowest BCUT2D eigenvalue weighted by atomic mass is 9.86. The van der Waals surface area contributed by atoms with Crippen molar-refractivity contribution in [2.24, 2.45) is 0 Å². The first-order chi connectivity index (χ1) is 26.2. The van der Waals surface area contributed by atoms with E-state index in [-0.39, 0.29) is 0 Å². The maximum atomic E-state index is 9.69. The van der Waals surface area contributed by atoms with E-state index in [9.17, 15) is 5.26 Å². The summed E-state index contributed by atoms with van der Waals surface area (Å²) in [4.78, 5) is 0. The first-order valence-corrected chi connectivity index (χ1v) is 18.0. The van der Waals surface area contributed by atoms with E-state index in [0.29, 0.717) is 5.56 Å². The fraction of sp³-hybridized carbons (Fsp3) is 0. The molecule has 0 saturated heterocycles. The molecule has 0 saturated carbocycles. The Labute approximate surface area is 306 Å². The van der Waals surface area contributed by atoms with Gasteiger partial charge in [-0.2, -0.15) is 5.26 Å². The van der Waals surface area contributed by atoms with Gasteiger partial charge in [-0.15, -0.1) is 0 Å². The molecule has 1 aliphatic rings. The molecule has 0 radical (unpaired) electrons. The van der Waals surface area contributed by atoms with Crippen LogP contribution >= 0.6 is 0 Å². The number of ether oxygens (including phenoxy) is 1. The molecule has 0 unspecified atom stereocenters. The second-order valence-electron chi connectivity index (χ2n) is 13.9. The van der Waals surface area contributed by atoms with E-state index < -0.39 is 0 Å². The minimum absolute atomic E-state index is 0.660. The van der Waals surface area contributed by atoms with Gasteiger partial charge in [0.2, 0.25) is 0 Å². The Kier molecular flexibility index (Phi) is 6.35. The third kappa shape index (κ3) is 4.45. The molecule has 0 N–H and O–H groups in total. The number of fused-ring (bicyclic) bond motifs is 8. The predicted molar refractivity (Wildman–Crippen MR) is 221 cm³/mol. The second kappa shape index (κ2) is 11.4. The second-order valence-corrected chi connectivity index (χ2v) is 13.9. The van der Waals surface area contributed by atoms with E-state index in [2.05, 4.69) is 152 Å². The number of hydrogen-bond donors (Lipinski definition) is 0. The van der Waals surface area contributed by atoms with Crippen molar-refractivity contribution in [3.05, 3.63) is 181 Å². The van der Waals surface area contributed by atoms with Crippen LogP contribution in [-0.2, 0) is 0 Å². The average Bonchev–Trinajstić information content (AvgIpc) is 3.23. The van der Waals surface area contributed by atoms with Gasteiger partial charge in [0.1, 0.15) is 11.5 Å². The van der Waals surface area contributed by atoms with E-state index >= 15 is 0 Å². The van der Waals surface area contributed by atoms with Gasteiger partial charge >= 0.3 is 0 Å². The van der Waals surface area contributed by atoms with Crippen molar-refractivity contribution in [3.8, 4) is 62.1 Å². The van der Waals surface area contributed by atoms with Gasteiger partial charge < -0.3 is 4.74 Å². The van der Waals surface area contributed by atoms with Gasteiger partial charge in [-0.05, 0) is 118 Å². The summed E-state index contributed by atoms with van der Waals surface area (Å²) in [5.74, 6) is 1.61. The fourth-order valence-corrected chi connectivity index (χ4v) is 8.62. The zero-order chi connectivity index (χ0) is 35.0. The van der Waals surface area contributed by atoms with Crippen LogP contribution < -0.4 is 4.74 Å². The predicted octanol–water partition coefficient (Wildman–Crippen LogP) is 14.1. The maximum absolute atomic E-state index is 9.69. The summed E-state index contributed by atoms with van der Waals surface area (Å²) in [6.07, 6.45) is 0. The van der Waals surface area contributed by atoms with Crippen LogP contribution in [0, 0.1) is 11.3 Å². The first-order valence-electron chi connectivity index (χ1n) is 18.0. The Hall–Kier alpha value is -7.21. The normalized spacial score (nSPS) is 11.9. The summed E-state index contributed by atoms with van der Waals surface area (Å²) in [7, 11) is 0. The van der Waals surface area contributed by atoms with E-state index in [1.165, 1.54) is 65.3 Å². The van der Waals surface area contributed by atoms with Crippen LogP contribution in [0.15, 0.2) is 176 Å². The average molecular weight is 672 g/mol. The van der Waals surface area contributed by atoms with Gasteiger partial charge in [-0.3, -0.25) is 0 Å². The zero-order valence-corrected chi connectivity index (χ0v) is 28.6. The maximum Gasteiger partial charge on any atom is 0.135 e. The third-order valence-electron chi connectivity index (χ3n) is 11.1. The minimum Gasteiger partial charge on any atom is -0.456 e. The van der Waals surface area contributed by atoms with E-state index in [1.807, 2.05) is 30.3 Å². The molecule has 1 aliphatic heterocycles. The molecule has 0 atom stereocenters. The molecule has 10 aromatic rings. The van der Waals surface area contributed by atoms with Crippen molar-refractivity contribution < 1.29 is 4.74 Å². The van der Waals surface area contributed by atoms with Crippen LogP contribution in [0.1, 0.15) is 5.56 Å². The van der Waals surface area contributed by atoms with Gasteiger partial charge in [0, 0.05) is 16.3 Å². The standard InChI is InChI=1S/C51H29NO/c52-30-35-24-26-44-43-25-23-34(27-50(43)53-49-18-8-16-37(35)51(44)49)31-19-21-33(22-20-31)45-28-47-42-15-6-5-14-41(42)46(29-48(47)40-13-4-3-12-39(40)45)38-17-7-10-32-9-1-2-11-36(32)38/h1-29H. The highest BCUT2D eigenvalue weighted by Gasteiger charge is 2.22. The van der Waals surface area contributed by atoms with E-state index in [1.54, 1.807) is 0 Å². The highest BCUT2D eigenvalue weighted by Crippen LogP contribution is 2.49. The monoisotopic (exact) mass is 671 g/mol. The molecule has 2 heteroatoms. The molecule has 10 aromatic carbocycles. The lowest BCUT2D eigenvalue weighted by Gasteiger charge is -2.22. The number of rotatable bonds is 3. The summed E-state index contributed by atoms with van der Waals surface area (Å²) >= 11 is 0. The molecule has 0 fully saturated rings. The largest absolute Gasteiger partial charge is 0.456 e. The summed E-state index contributed by atoms with van der Waals surface area (Å²) in [6, 6.07) is 65.3. The molecular weight excluding hydrogens is 643 g/mol. The summed E-state index contributed by atoms with van der Waals surface area (Å²) < 4.78 is 6.48. The minimum atomic E-state index is 0.660. The van der Waals surface area contributed by atoms with Crippen molar-refractivity contribution in [2.75, 3.05) is 0 Å². The van der Waals surface area contributed by atoms with Gasteiger partial charge in [-0.1, -0.05) is 140 Å². The first kappa shape index (κ1) is 29.5. The van der Waals surface area contributed by atoms with Crippen LogP contribution in [0.25, 0.3) is 98.4 Å². The van der Waals surface area contributed by atoms with E-state index in [0.717, 1.165) is 44.5 Å². The molecule has 0 amide bonds. The van der Waals surface area contributed by atoms with Crippen LogP contribution in [0.3, 0.4) is 0 Å². The Morgan fingerprint density at radius 3 is 1.70 bits per heavy atom. The molecule has 0 bridgehead atoms. The highest BCUT2D eigenvalue weighted by atomic mass is 16.5. The Balaban J connectivity index is 1.04. The number of benzene rings is 10. The Bertz CT molecular complexity index is 3200. The Morgan fingerprint density at radius 2 is 0.925 bits per heavy atom. The smallest absolute Gasteiger partial charge is 0.135 e. The summed E-state index contributed by atoms with van der Waals surface area (Å²) in [5, 5.41) is 21.6. The number of nitriles is 1. The molecule has 0 aromatic heterocycles. The molecule has 244 valence electrons. The van der Waals surface area contributed by atoms with Gasteiger partial charge in [0.05, 0.1) is 11.6 Å². The third-order valence-corrected chi connectivity index (χ3v) is 11.1. The van der Waals surface area contributed by atoms with Crippen LogP contribution in [0.4, 0.5) is 0 Å². The van der Waals surface area contributed by atoms with Crippen LogP contribution in [0.5, 0.6) is 11.5 Å². The van der Waals surface area contributed by atoms with Crippen molar-refractivity contribution in [3.63, 3.8) is 0 Å². The van der Waals surface area contributed by atoms with Crippen molar-refractivity contribution in [1.29, 1.82) is 5.26 Å². The SMILES string of the molecule is N#Cc1ccc2c3c(cccc13)Oc1cc(-c3ccc(-c4cc5c6ccccc6c(-c6cccc7ccccc67)cc5c5ccccc45)cc3)ccc1-2. The molecule has 2 nitrogen and oxygen atoms in total. The molecule has 0 spiro atoms. The molecule has 53 heavy (non-hydrogen) atoms. The molecule has 11 rings (SSSR count).